The van der Waals surface area contributed by atoms with Crippen molar-refractivity contribution in [1.82, 2.24) is 9.62 Å². The highest BCUT2D eigenvalue weighted by Gasteiger charge is 2.19. The highest BCUT2D eigenvalue weighted by atomic mass is 32.2. The van der Waals surface area contributed by atoms with E-state index in [4.69, 9.17) is 9.47 Å². The average molecular weight is 373 g/mol. The fourth-order valence-corrected chi connectivity index (χ4v) is 3.93. The zero-order valence-corrected chi connectivity index (χ0v) is 16.7. The van der Waals surface area contributed by atoms with Gasteiger partial charge in [-0.15, -0.1) is 0 Å². The molecule has 1 aliphatic rings. The average Bonchev–Trinajstić information content (AvgIpc) is 2.68. The van der Waals surface area contributed by atoms with Crippen molar-refractivity contribution in [2.75, 3.05) is 33.9 Å². The molecule has 0 fully saturated rings. The van der Waals surface area contributed by atoms with Gasteiger partial charge >= 0.3 is 0 Å². The fraction of sp³-hybridized carbons (Fsp3) is 0.429. The van der Waals surface area contributed by atoms with Gasteiger partial charge in [-0.25, -0.2) is 0 Å². The molecule has 0 saturated heterocycles. The number of methoxy groups -OCH3 is 2. The maximum absolute atomic E-state index is 5.44. The third kappa shape index (κ3) is 4.93. The van der Waals surface area contributed by atoms with E-state index in [2.05, 4.69) is 52.9 Å². The molecule has 1 heterocycles. The summed E-state index contributed by atoms with van der Waals surface area (Å²) >= 11 is 1.71. The number of ether oxygens (including phenoxy) is 2. The zero-order chi connectivity index (χ0) is 18.4. The van der Waals surface area contributed by atoms with Crippen LogP contribution in [0.5, 0.6) is 11.5 Å². The molecule has 4 nitrogen and oxygen atoms in total. The van der Waals surface area contributed by atoms with Gasteiger partial charge in [-0.2, -0.15) is 0 Å². The number of benzene rings is 2. The SMILES string of the molecule is COc1cc2c(cc1OC)CN(CCCNSc1ccc(C)cc1)CC2. The van der Waals surface area contributed by atoms with Gasteiger partial charge in [0.05, 0.1) is 14.2 Å². The second kappa shape index (κ2) is 9.31. The molecule has 0 spiro atoms. The van der Waals surface area contributed by atoms with Crippen molar-refractivity contribution in [3.05, 3.63) is 53.1 Å². The molecule has 0 saturated carbocycles. The monoisotopic (exact) mass is 372 g/mol. The van der Waals surface area contributed by atoms with E-state index in [1.807, 2.05) is 0 Å². The molecule has 0 aliphatic carbocycles. The first kappa shape index (κ1) is 19.1. The van der Waals surface area contributed by atoms with Crippen molar-refractivity contribution in [3.63, 3.8) is 0 Å². The summed E-state index contributed by atoms with van der Waals surface area (Å²) in [4.78, 5) is 3.79. The van der Waals surface area contributed by atoms with E-state index >= 15 is 0 Å². The molecule has 1 N–H and O–H groups in total. The lowest BCUT2D eigenvalue weighted by Crippen LogP contribution is -2.32. The van der Waals surface area contributed by atoms with Gasteiger partial charge in [0.1, 0.15) is 0 Å². The number of aryl methyl sites for hydroxylation is 1. The van der Waals surface area contributed by atoms with Crippen molar-refractivity contribution in [1.29, 1.82) is 0 Å². The van der Waals surface area contributed by atoms with Crippen LogP contribution in [0.1, 0.15) is 23.1 Å². The molecular weight excluding hydrogens is 344 g/mol. The van der Waals surface area contributed by atoms with Crippen molar-refractivity contribution in [3.8, 4) is 11.5 Å². The molecule has 3 rings (SSSR count). The summed E-state index contributed by atoms with van der Waals surface area (Å²) in [5, 5.41) is 0. The van der Waals surface area contributed by atoms with Gasteiger partial charge in [-0.1, -0.05) is 17.7 Å². The number of fused-ring (bicyclic) bond motifs is 1. The summed E-state index contributed by atoms with van der Waals surface area (Å²) in [6, 6.07) is 12.9. The van der Waals surface area contributed by atoms with Gasteiger partial charge in [-0.3, -0.25) is 9.62 Å². The molecule has 0 amide bonds. The lowest BCUT2D eigenvalue weighted by Gasteiger charge is -2.29. The summed E-state index contributed by atoms with van der Waals surface area (Å²) in [5.41, 5.74) is 4.04. The Hall–Kier alpha value is -1.69. The topological polar surface area (TPSA) is 33.7 Å². The Labute approximate surface area is 161 Å². The van der Waals surface area contributed by atoms with E-state index < -0.39 is 0 Å². The minimum Gasteiger partial charge on any atom is -0.493 e. The van der Waals surface area contributed by atoms with Crippen LogP contribution in [0.4, 0.5) is 0 Å². The number of hydrogen-bond donors (Lipinski definition) is 1. The van der Waals surface area contributed by atoms with Crippen LogP contribution in [0.25, 0.3) is 0 Å². The molecule has 2 aromatic carbocycles. The van der Waals surface area contributed by atoms with Crippen molar-refractivity contribution >= 4 is 11.9 Å². The molecule has 0 radical (unpaired) electrons. The maximum atomic E-state index is 5.44. The zero-order valence-electron chi connectivity index (χ0n) is 15.9. The Bertz CT molecular complexity index is 719. The van der Waals surface area contributed by atoms with Crippen LogP contribution in [0, 0.1) is 6.92 Å². The Morgan fingerprint density at radius 1 is 1.04 bits per heavy atom. The molecule has 140 valence electrons. The van der Waals surface area contributed by atoms with Gasteiger partial charge < -0.3 is 9.47 Å². The number of rotatable bonds is 8. The third-order valence-corrected chi connectivity index (χ3v) is 5.62. The number of hydrogen-bond acceptors (Lipinski definition) is 5. The molecule has 0 bridgehead atoms. The minimum absolute atomic E-state index is 0.823. The standard InChI is InChI=1S/C21H28N2O2S/c1-16-5-7-19(8-6-16)26-22-10-4-11-23-12-9-17-13-20(24-2)21(25-3)14-18(17)15-23/h5-8,13-14,22H,4,9-12,15H2,1-3H3. The van der Waals surface area contributed by atoms with E-state index in [0.29, 0.717) is 0 Å². The molecule has 0 aromatic heterocycles. The fourth-order valence-electron chi connectivity index (χ4n) is 3.25. The first-order valence-corrected chi connectivity index (χ1v) is 9.93. The first-order valence-electron chi connectivity index (χ1n) is 9.12. The van der Waals surface area contributed by atoms with Gasteiger partial charge in [0.15, 0.2) is 11.5 Å². The molecule has 0 atom stereocenters. The summed E-state index contributed by atoms with van der Waals surface area (Å²) in [7, 11) is 3.39. The number of nitrogens with one attached hydrogen (secondary N) is 1. The van der Waals surface area contributed by atoms with Gasteiger partial charge in [0.25, 0.3) is 0 Å². The van der Waals surface area contributed by atoms with Crippen LogP contribution in [-0.2, 0) is 13.0 Å². The molecular formula is C21H28N2O2S. The summed E-state index contributed by atoms with van der Waals surface area (Å²) in [5.74, 6) is 1.65. The van der Waals surface area contributed by atoms with Crippen LogP contribution >= 0.6 is 11.9 Å². The van der Waals surface area contributed by atoms with Crippen LogP contribution in [0.3, 0.4) is 0 Å². The molecule has 2 aromatic rings. The third-order valence-electron chi connectivity index (χ3n) is 4.76. The molecule has 0 unspecified atom stereocenters. The summed E-state index contributed by atoms with van der Waals surface area (Å²) in [6.45, 7) is 6.32. The summed E-state index contributed by atoms with van der Waals surface area (Å²) < 4.78 is 14.3. The highest BCUT2D eigenvalue weighted by molar-refractivity contribution is 7.97. The predicted octanol–water partition coefficient (Wildman–Crippen LogP) is 4.06. The van der Waals surface area contributed by atoms with Crippen LogP contribution in [0.2, 0.25) is 0 Å². The van der Waals surface area contributed by atoms with E-state index in [-0.39, 0.29) is 0 Å². The lowest BCUT2D eigenvalue weighted by atomic mass is 9.98. The Kier molecular flexibility index (Phi) is 6.83. The lowest BCUT2D eigenvalue weighted by molar-refractivity contribution is 0.250. The maximum Gasteiger partial charge on any atom is 0.161 e. The van der Waals surface area contributed by atoms with Crippen molar-refractivity contribution < 1.29 is 9.47 Å². The van der Waals surface area contributed by atoms with Crippen LogP contribution in [-0.4, -0.2) is 38.8 Å². The normalized spacial score (nSPS) is 14.1. The molecule has 1 aliphatic heterocycles. The van der Waals surface area contributed by atoms with Gasteiger partial charge in [0, 0.05) is 24.5 Å². The van der Waals surface area contributed by atoms with Crippen LogP contribution < -0.4 is 14.2 Å². The van der Waals surface area contributed by atoms with Crippen molar-refractivity contribution in [2.45, 2.75) is 31.2 Å². The smallest absolute Gasteiger partial charge is 0.161 e. The Morgan fingerprint density at radius 2 is 1.73 bits per heavy atom. The van der Waals surface area contributed by atoms with Crippen LogP contribution in [0.15, 0.2) is 41.3 Å². The van der Waals surface area contributed by atoms with E-state index in [9.17, 15) is 0 Å². The van der Waals surface area contributed by atoms with Crippen molar-refractivity contribution in [2.24, 2.45) is 0 Å². The number of nitrogens with zero attached hydrogens (tertiary/aromatic N) is 1. The second-order valence-electron chi connectivity index (χ2n) is 6.67. The predicted molar refractivity (Wildman–Crippen MR) is 108 cm³/mol. The van der Waals surface area contributed by atoms with Gasteiger partial charge in [-0.05, 0) is 73.7 Å². The van der Waals surface area contributed by atoms with E-state index in [1.54, 1.807) is 26.2 Å². The Balaban J connectivity index is 1.43. The largest absolute Gasteiger partial charge is 0.493 e. The first-order chi connectivity index (χ1) is 12.7. The quantitative estimate of drug-likeness (QED) is 0.558. The molecule has 26 heavy (non-hydrogen) atoms. The Morgan fingerprint density at radius 3 is 2.42 bits per heavy atom. The second-order valence-corrected chi connectivity index (χ2v) is 7.63. The summed E-state index contributed by atoms with van der Waals surface area (Å²) in [6.07, 6.45) is 2.21. The van der Waals surface area contributed by atoms with E-state index in [0.717, 1.165) is 50.5 Å². The van der Waals surface area contributed by atoms with Gasteiger partial charge in [0.2, 0.25) is 0 Å². The minimum atomic E-state index is 0.823. The highest BCUT2D eigenvalue weighted by Crippen LogP contribution is 2.33. The van der Waals surface area contributed by atoms with E-state index in [1.165, 1.54) is 21.6 Å². The molecule has 5 heteroatoms.